The third kappa shape index (κ3) is 1.06. The Morgan fingerprint density at radius 2 is 2.20 bits per heavy atom. The summed E-state index contributed by atoms with van der Waals surface area (Å²) in [6.07, 6.45) is 4.06. The van der Waals surface area contributed by atoms with Gasteiger partial charge in [-0.25, -0.2) is 0 Å². The highest BCUT2D eigenvalue weighted by molar-refractivity contribution is 4.99. The van der Waals surface area contributed by atoms with E-state index in [1.54, 1.807) is 0 Å². The molecule has 57 valence electrons. The van der Waals surface area contributed by atoms with Crippen LogP contribution in [0, 0.1) is 12.0 Å². The van der Waals surface area contributed by atoms with Crippen LogP contribution in [0.15, 0.2) is 0 Å². The molecule has 10 heavy (non-hydrogen) atoms. The summed E-state index contributed by atoms with van der Waals surface area (Å²) in [4.78, 5) is 0. The molecule has 1 radical (unpaired) electrons. The Balaban J connectivity index is 1.98. The van der Waals surface area contributed by atoms with E-state index in [0.29, 0.717) is 5.41 Å². The average Bonchev–Trinajstić information content (AvgIpc) is 2.39. The second-order valence-corrected chi connectivity index (χ2v) is 3.49. The van der Waals surface area contributed by atoms with Gasteiger partial charge in [-0.2, -0.15) is 0 Å². The highest BCUT2D eigenvalue weighted by Gasteiger charge is 2.34. The summed E-state index contributed by atoms with van der Waals surface area (Å²) in [5, 5.41) is 6.76. The van der Waals surface area contributed by atoms with E-state index in [4.69, 9.17) is 0 Å². The van der Waals surface area contributed by atoms with Gasteiger partial charge in [0.05, 0.1) is 0 Å². The molecule has 0 aromatic heterocycles. The van der Waals surface area contributed by atoms with Gasteiger partial charge in [-0.3, -0.25) is 0 Å². The van der Waals surface area contributed by atoms with Crippen LogP contribution in [-0.2, 0) is 0 Å². The molecule has 0 bridgehead atoms. The molecule has 2 heteroatoms. The lowest BCUT2D eigenvalue weighted by molar-refractivity contribution is 0.287. The van der Waals surface area contributed by atoms with Crippen molar-refractivity contribution in [1.29, 1.82) is 0 Å². The fraction of sp³-hybridized carbons (Fsp3) is 0.875. The van der Waals surface area contributed by atoms with Crippen LogP contribution in [0.2, 0.25) is 0 Å². The summed E-state index contributed by atoms with van der Waals surface area (Å²) in [5.74, 6) is 0. The molecule has 0 saturated carbocycles. The van der Waals surface area contributed by atoms with Crippen LogP contribution in [0.3, 0.4) is 0 Å². The van der Waals surface area contributed by atoms with E-state index in [1.165, 1.54) is 38.9 Å². The van der Waals surface area contributed by atoms with Gasteiger partial charge >= 0.3 is 0 Å². The number of piperidine rings is 1. The van der Waals surface area contributed by atoms with Crippen molar-refractivity contribution in [3.63, 3.8) is 0 Å². The lowest BCUT2D eigenvalue weighted by Crippen LogP contribution is -2.36. The summed E-state index contributed by atoms with van der Waals surface area (Å²) < 4.78 is 0. The molecule has 2 nitrogen and oxygen atoms in total. The Morgan fingerprint density at radius 1 is 1.20 bits per heavy atom. The van der Waals surface area contributed by atoms with Gasteiger partial charge in [-0.05, 0) is 32.4 Å². The first kappa shape index (κ1) is 6.62. The number of nitrogens with one attached hydrogen (secondary N) is 2. The molecule has 2 aliphatic rings. The molecule has 0 aromatic rings. The monoisotopic (exact) mass is 139 g/mol. The Morgan fingerprint density at radius 3 is 2.80 bits per heavy atom. The van der Waals surface area contributed by atoms with E-state index >= 15 is 0 Å². The quantitative estimate of drug-likeness (QED) is 0.511. The summed E-state index contributed by atoms with van der Waals surface area (Å²) in [5.41, 5.74) is 0.526. The molecule has 2 heterocycles. The molecule has 2 aliphatic heterocycles. The molecule has 1 atom stereocenters. The Labute approximate surface area is 62.4 Å². The fourth-order valence-electron chi connectivity index (χ4n) is 2.00. The van der Waals surface area contributed by atoms with E-state index in [9.17, 15) is 0 Å². The van der Waals surface area contributed by atoms with E-state index in [0.717, 1.165) is 0 Å². The third-order valence-electron chi connectivity index (χ3n) is 2.68. The first-order chi connectivity index (χ1) is 4.91. The van der Waals surface area contributed by atoms with Crippen LogP contribution in [0.4, 0.5) is 0 Å². The molecule has 2 saturated heterocycles. The van der Waals surface area contributed by atoms with Crippen molar-refractivity contribution in [2.24, 2.45) is 5.41 Å². The van der Waals surface area contributed by atoms with Gasteiger partial charge in [-0.1, -0.05) is 0 Å². The van der Waals surface area contributed by atoms with Crippen LogP contribution in [0.1, 0.15) is 19.3 Å². The predicted molar refractivity (Wildman–Crippen MR) is 41.5 cm³/mol. The van der Waals surface area contributed by atoms with Crippen LogP contribution in [0.25, 0.3) is 0 Å². The average molecular weight is 139 g/mol. The van der Waals surface area contributed by atoms with Crippen molar-refractivity contribution in [3.8, 4) is 0 Å². The minimum absolute atomic E-state index is 0.526. The van der Waals surface area contributed by atoms with Crippen LogP contribution >= 0.6 is 0 Å². The van der Waals surface area contributed by atoms with Gasteiger partial charge in [0.2, 0.25) is 0 Å². The largest absolute Gasteiger partial charge is 0.316 e. The standard InChI is InChI=1S/C8H15N2/c1-2-8(6-9-4-1)3-5-10-7-8/h6,9-10H,1-5,7H2. The highest BCUT2D eigenvalue weighted by Crippen LogP contribution is 2.34. The zero-order valence-electron chi connectivity index (χ0n) is 6.32. The Kier molecular flexibility index (Phi) is 1.66. The maximum absolute atomic E-state index is 3.41. The minimum atomic E-state index is 0.526. The summed E-state index contributed by atoms with van der Waals surface area (Å²) >= 11 is 0. The van der Waals surface area contributed by atoms with Crippen molar-refractivity contribution >= 4 is 0 Å². The highest BCUT2D eigenvalue weighted by atomic mass is 15.0. The van der Waals surface area contributed by atoms with Crippen LogP contribution in [0.5, 0.6) is 0 Å². The lowest BCUT2D eigenvalue weighted by atomic mass is 9.80. The summed E-state index contributed by atoms with van der Waals surface area (Å²) in [6, 6.07) is 0. The van der Waals surface area contributed by atoms with Crippen LogP contribution < -0.4 is 10.6 Å². The second-order valence-electron chi connectivity index (χ2n) is 3.49. The van der Waals surface area contributed by atoms with Crippen molar-refractivity contribution in [1.82, 2.24) is 10.6 Å². The zero-order chi connectivity index (χ0) is 6.86. The van der Waals surface area contributed by atoms with Gasteiger partial charge in [0.25, 0.3) is 0 Å². The molecule has 0 amide bonds. The molecular formula is C8H15N2. The Bertz CT molecular complexity index is 108. The summed E-state index contributed by atoms with van der Waals surface area (Å²) in [6.45, 7) is 5.90. The van der Waals surface area contributed by atoms with Gasteiger partial charge in [0, 0.05) is 18.5 Å². The van der Waals surface area contributed by atoms with Crippen molar-refractivity contribution in [2.45, 2.75) is 19.3 Å². The van der Waals surface area contributed by atoms with Gasteiger partial charge in [0.1, 0.15) is 0 Å². The summed E-state index contributed by atoms with van der Waals surface area (Å²) in [7, 11) is 0. The number of rotatable bonds is 0. The first-order valence-corrected chi connectivity index (χ1v) is 4.20. The lowest BCUT2D eigenvalue weighted by Gasteiger charge is -2.32. The first-order valence-electron chi connectivity index (χ1n) is 4.20. The smallest absolute Gasteiger partial charge is 0.0296 e. The predicted octanol–water partition coefficient (Wildman–Crippen LogP) is 0.511. The molecular weight excluding hydrogens is 124 g/mol. The Hall–Kier alpha value is -0.0800. The van der Waals surface area contributed by atoms with Crippen molar-refractivity contribution in [3.05, 3.63) is 6.54 Å². The van der Waals surface area contributed by atoms with Gasteiger partial charge < -0.3 is 10.6 Å². The molecule has 0 aliphatic carbocycles. The van der Waals surface area contributed by atoms with Crippen LogP contribution in [-0.4, -0.2) is 19.6 Å². The topological polar surface area (TPSA) is 24.1 Å². The van der Waals surface area contributed by atoms with Crippen molar-refractivity contribution < 1.29 is 0 Å². The minimum Gasteiger partial charge on any atom is -0.316 e. The van der Waals surface area contributed by atoms with Gasteiger partial charge in [-0.15, -0.1) is 0 Å². The van der Waals surface area contributed by atoms with E-state index in [2.05, 4.69) is 17.2 Å². The number of hydrogen-bond acceptors (Lipinski definition) is 2. The van der Waals surface area contributed by atoms with Crippen molar-refractivity contribution in [2.75, 3.05) is 19.6 Å². The molecule has 2 fully saturated rings. The maximum atomic E-state index is 3.41. The molecule has 2 N–H and O–H groups in total. The third-order valence-corrected chi connectivity index (χ3v) is 2.68. The molecule has 1 spiro atoms. The zero-order valence-corrected chi connectivity index (χ0v) is 6.32. The van der Waals surface area contributed by atoms with E-state index < -0.39 is 0 Å². The number of hydrogen-bond donors (Lipinski definition) is 2. The molecule has 2 rings (SSSR count). The molecule has 1 unspecified atom stereocenters. The molecule has 0 aromatic carbocycles. The van der Waals surface area contributed by atoms with E-state index in [1.807, 2.05) is 0 Å². The normalized spacial score (nSPS) is 40.8. The maximum Gasteiger partial charge on any atom is 0.0296 e. The fourth-order valence-corrected chi connectivity index (χ4v) is 2.00. The van der Waals surface area contributed by atoms with E-state index in [-0.39, 0.29) is 0 Å². The SMILES string of the molecule is [CH]1NCCCC12CCNC2. The van der Waals surface area contributed by atoms with Gasteiger partial charge in [0.15, 0.2) is 0 Å². The second kappa shape index (κ2) is 2.51.